The molecule has 1 aliphatic rings. The molecule has 1 N–H and O–H groups in total. The molecule has 1 aromatic rings. The summed E-state index contributed by atoms with van der Waals surface area (Å²) in [6.45, 7) is 4.30. The number of ether oxygens (including phenoxy) is 2. The molecular weight excluding hydrogens is 246 g/mol. The first-order chi connectivity index (χ1) is 9.08. The van der Waals surface area contributed by atoms with E-state index in [1.54, 1.807) is 0 Å². The van der Waals surface area contributed by atoms with Gasteiger partial charge in [0.05, 0.1) is 6.61 Å². The fraction of sp³-hybridized carbons (Fsp3) is 0.429. The Hall–Kier alpha value is -2.04. The number of rotatable bonds is 2. The Morgan fingerprint density at radius 1 is 1.42 bits per heavy atom. The number of hydrogen-bond donors (Lipinski definition) is 1. The lowest BCUT2D eigenvalue weighted by Crippen LogP contribution is -2.38. The molecular formula is C14H19NO4. The molecule has 1 fully saturated rings. The van der Waals surface area contributed by atoms with E-state index in [-0.39, 0.29) is 18.1 Å². The quantitative estimate of drug-likeness (QED) is 0.833. The van der Waals surface area contributed by atoms with Crippen LogP contribution in [0.5, 0.6) is 0 Å². The Morgan fingerprint density at radius 3 is 2.58 bits per heavy atom. The minimum Gasteiger partial charge on any atom is -0.461 e. The average molecular weight is 265 g/mol. The first-order valence-corrected chi connectivity index (χ1v) is 6.18. The molecule has 0 aromatic heterocycles. The molecule has 19 heavy (non-hydrogen) atoms. The lowest BCUT2D eigenvalue weighted by atomic mass is 10.2. The SMILES string of the molecule is CC(=O)OCc1ccccc1.CC1CCOC(=O)N1. The summed E-state index contributed by atoms with van der Waals surface area (Å²) >= 11 is 0. The van der Waals surface area contributed by atoms with E-state index >= 15 is 0 Å². The third kappa shape index (κ3) is 7.08. The largest absolute Gasteiger partial charge is 0.461 e. The van der Waals surface area contributed by atoms with Crippen LogP contribution < -0.4 is 5.32 Å². The summed E-state index contributed by atoms with van der Waals surface area (Å²) in [4.78, 5) is 20.7. The molecule has 0 radical (unpaired) electrons. The second-order valence-corrected chi connectivity index (χ2v) is 4.24. The van der Waals surface area contributed by atoms with Crippen molar-refractivity contribution in [3.05, 3.63) is 35.9 Å². The van der Waals surface area contributed by atoms with Crippen molar-refractivity contribution < 1.29 is 19.1 Å². The summed E-state index contributed by atoms with van der Waals surface area (Å²) < 4.78 is 9.39. The van der Waals surface area contributed by atoms with Gasteiger partial charge in [-0.1, -0.05) is 30.3 Å². The van der Waals surface area contributed by atoms with Gasteiger partial charge < -0.3 is 14.8 Å². The molecule has 0 spiro atoms. The van der Waals surface area contributed by atoms with Gasteiger partial charge in [-0.2, -0.15) is 0 Å². The van der Waals surface area contributed by atoms with Gasteiger partial charge in [0.15, 0.2) is 0 Å². The van der Waals surface area contributed by atoms with E-state index in [1.165, 1.54) is 6.92 Å². The van der Waals surface area contributed by atoms with Crippen molar-refractivity contribution in [2.75, 3.05) is 6.61 Å². The van der Waals surface area contributed by atoms with Gasteiger partial charge in [0.2, 0.25) is 0 Å². The fourth-order valence-electron chi connectivity index (χ4n) is 1.40. The van der Waals surface area contributed by atoms with Gasteiger partial charge in [-0.3, -0.25) is 4.79 Å². The van der Waals surface area contributed by atoms with E-state index in [9.17, 15) is 9.59 Å². The lowest BCUT2D eigenvalue weighted by Gasteiger charge is -2.18. The first-order valence-electron chi connectivity index (χ1n) is 6.18. The summed E-state index contributed by atoms with van der Waals surface area (Å²) in [5.74, 6) is -0.242. The summed E-state index contributed by atoms with van der Waals surface area (Å²) in [5, 5.41) is 2.62. The van der Waals surface area contributed by atoms with Crippen LogP contribution in [0.2, 0.25) is 0 Å². The lowest BCUT2D eigenvalue weighted by molar-refractivity contribution is -0.142. The van der Waals surface area contributed by atoms with Gasteiger partial charge in [-0.15, -0.1) is 0 Å². The monoisotopic (exact) mass is 265 g/mol. The minimum absolute atomic E-state index is 0.242. The molecule has 2 rings (SSSR count). The molecule has 1 saturated heterocycles. The summed E-state index contributed by atoms with van der Waals surface area (Å²) in [5.41, 5.74) is 1.02. The molecule has 0 bridgehead atoms. The van der Waals surface area contributed by atoms with Gasteiger partial charge >= 0.3 is 12.1 Å². The molecule has 1 amide bonds. The maximum absolute atomic E-state index is 10.4. The van der Waals surface area contributed by atoms with E-state index < -0.39 is 0 Å². The maximum atomic E-state index is 10.4. The molecule has 5 nitrogen and oxygen atoms in total. The Morgan fingerprint density at radius 2 is 2.11 bits per heavy atom. The molecule has 1 aromatic carbocycles. The summed E-state index contributed by atoms with van der Waals surface area (Å²) in [6, 6.07) is 9.89. The smallest absolute Gasteiger partial charge is 0.407 e. The number of nitrogens with one attached hydrogen (secondary N) is 1. The van der Waals surface area contributed by atoms with Crippen molar-refractivity contribution in [3.63, 3.8) is 0 Å². The van der Waals surface area contributed by atoms with Gasteiger partial charge in [0, 0.05) is 19.4 Å². The van der Waals surface area contributed by atoms with E-state index in [4.69, 9.17) is 4.74 Å². The predicted octanol–water partition coefficient (Wildman–Crippen LogP) is 2.25. The number of esters is 1. The fourth-order valence-corrected chi connectivity index (χ4v) is 1.40. The molecule has 1 unspecified atom stereocenters. The van der Waals surface area contributed by atoms with Crippen molar-refractivity contribution in [2.24, 2.45) is 0 Å². The second kappa shape index (κ2) is 8.13. The number of cyclic esters (lactones) is 1. The zero-order valence-corrected chi connectivity index (χ0v) is 11.2. The number of benzene rings is 1. The molecule has 0 aliphatic carbocycles. The highest BCUT2D eigenvalue weighted by atomic mass is 16.6. The van der Waals surface area contributed by atoms with Crippen molar-refractivity contribution in [1.82, 2.24) is 5.32 Å². The van der Waals surface area contributed by atoms with E-state index in [0.717, 1.165) is 12.0 Å². The van der Waals surface area contributed by atoms with Crippen LogP contribution in [0.4, 0.5) is 4.79 Å². The highest BCUT2D eigenvalue weighted by Gasteiger charge is 2.13. The second-order valence-electron chi connectivity index (χ2n) is 4.24. The Bertz CT molecular complexity index is 405. The minimum atomic E-state index is -0.288. The molecule has 1 atom stereocenters. The van der Waals surface area contributed by atoms with Crippen LogP contribution in [0.1, 0.15) is 25.8 Å². The highest BCUT2D eigenvalue weighted by molar-refractivity contribution is 5.68. The van der Waals surface area contributed by atoms with Gasteiger partial charge in [-0.05, 0) is 12.5 Å². The zero-order valence-electron chi connectivity index (χ0n) is 11.2. The van der Waals surface area contributed by atoms with Crippen LogP contribution in [0.3, 0.4) is 0 Å². The maximum Gasteiger partial charge on any atom is 0.407 e. The number of carbonyl (C=O) groups excluding carboxylic acids is 2. The molecule has 0 saturated carbocycles. The number of carbonyl (C=O) groups is 2. The number of amides is 1. The predicted molar refractivity (Wildman–Crippen MR) is 70.5 cm³/mol. The van der Waals surface area contributed by atoms with Crippen LogP contribution in [0.15, 0.2) is 30.3 Å². The highest BCUT2D eigenvalue weighted by Crippen LogP contribution is 2.00. The standard InChI is InChI=1S/C9H10O2.C5H9NO2/c1-8(10)11-7-9-5-3-2-4-6-9;1-4-2-3-8-5(7)6-4/h2-6H,7H2,1H3;4H,2-3H2,1H3,(H,6,7). The van der Waals surface area contributed by atoms with Crippen molar-refractivity contribution in [3.8, 4) is 0 Å². The van der Waals surface area contributed by atoms with Gasteiger partial charge in [0.1, 0.15) is 6.61 Å². The Balaban J connectivity index is 0.000000200. The molecule has 5 heteroatoms. The van der Waals surface area contributed by atoms with Crippen LogP contribution >= 0.6 is 0 Å². The Kier molecular flexibility index (Phi) is 6.43. The molecule has 1 heterocycles. The Labute approximate surface area is 112 Å². The van der Waals surface area contributed by atoms with Crippen LogP contribution in [0, 0.1) is 0 Å². The van der Waals surface area contributed by atoms with E-state index in [2.05, 4.69) is 10.1 Å². The summed E-state index contributed by atoms with van der Waals surface area (Å²) in [7, 11) is 0. The van der Waals surface area contributed by atoms with E-state index in [0.29, 0.717) is 13.2 Å². The normalized spacial score (nSPS) is 17.4. The average Bonchev–Trinajstić information content (AvgIpc) is 2.38. The van der Waals surface area contributed by atoms with Crippen molar-refractivity contribution in [2.45, 2.75) is 32.9 Å². The zero-order chi connectivity index (χ0) is 14.1. The topological polar surface area (TPSA) is 64.6 Å². The molecule has 1 aliphatic heterocycles. The van der Waals surface area contributed by atoms with Crippen LogP contribution in [-0.2, 0) is 20.9 Å². The third-order valence-corrected chi connectivity index (χ3v) is 2.43. The number of alkyl carbamates (subject to hydrolysis) is 1. The van der Waals surface area contributed by atoms with E-state index in [1.807, 2.05) is 37.3 Å². The van der Waals surface area contributed by atoms with Crippen LogP contribution in [0.25, 0.3) is 0 Å². The van der Waals surface area contributed by atoms with Crippen LogP contribution in [-0.4, -0.2) is 24.7 Å². The van der Waals surface area contributed by atoms with Gasteiger partial charge in [0.25, 0.3) is 0 Å². The molecule has 104 valence electrons. The van der Waals surface area contributed by atoms with Gasteiger partial charge in [-0.25, -0.2) is 4.79 Å². The van der Waals surface area contributed by atoms with Crippen molar-refractivity contribution >= 4 is 12.1 Å². The third-order valence-electron chi connectivity index (χ3n) is 2.43. The number of hydrogen-bond acceptors (Lipinski definition) is 4. The first kappa shape index (κ1) is 15.0. The summed E-state index contributed by atoms with van der Waals surface area (Å²) in [6.07, 6.45) is 0.634. The van der Waals surface area contributed by atoms with Crippen molar-refractivity contribution in [1.29, 1.82) is 0 Å².